The van der Waals surface area contributed by atoms with Crippen molar-refractivity contribution in [2.24, 2.45) is 10.9 Å². The summed E-state index contributed by atoms with van der Waals surface area (Å²) in [5.41, 5.74) is 7.24. The van der Waals surface area contributed by atoms with Gasteiger partial charge >= 0.3 is 6.01 Å². The number of nitrogens with one attached hydrogen (secondary N) is 1. The lowest BCUT2D eigenvalue weighted by Gasteiger charge is -2.04. The number of hydrogen-bond acceptors (Lipinski definition) is 6. The van der Waals surface area contributed by atoms with Gasteiger partial charge in [0.25, 0.3) is 0 Å². The van der Waals surface area contributed by atoms with Crippen molar-refractivity contribution in [3.8, 4) is 11.9 Å². The lowest BCUT2D eigenvalue weighted by molar-refractivity contribution is 0.318. The van der Waals surface area contributed by atoms with Gasteiger partial charge in [0.2, 0.25) is 5.88 Å². The highest BCUT2D eigenvalue weighted by Crippen LogP contribution is 2.16. The first kappa shape index (κ1) is 11.8. The number of oxime groups is 1. The Labute approximate surface area is 103 Å². The molecule has 2 aromatic heterocycles. The Kier molecular flexibility index (Phi) is 3.09. The van der Waals surface area contributed by atoms with Gasteiger partial charge in [0.05, 0.1) is 0 Å². The molecule has 2 rings (SSSR count). The Morgan fingerprint density at radius 2 is 2.17 bits per heavy atom. The molecule has 4 N–H and O–H groups in total. The van der Waals surface area contributed by atoms with Crippen LogP contribution in [0.2, 0.25) is 0 Å². The predicted molar refractivity (Wildman–Crippen MR) is 62.7 cm³/mol. The second-order valence-corrected chi connectivity index (χ2v) is 3.65. The van der Waals surface area contributed by atoms with Gasteiger partial charge < -0.3 is 15.7 Å². The molecule has 0 spiro atoms. The van der Waals surface area contributed by atoms with Crippen molar-refractivity contribution < 1.29 is 9.94 Å². The van der Waals surface area contributed by atoms with E-state index in [-0.39, 0.29) is 17.5 Å². The summed E-state index contributed by atoms with van der Waals surface area (Å²) in [5.74, 6) is 0.243. The van der Waals surface area contributed by atoms with Crippen LogP contribution in [0, 0.1) is 13.8 Å². The van der Waals surface area contributed by atoms with E-state index in [2.05, 4.69) is 25.3 Å². The lowest BCUT2D eigenvalue weighted by Crippen LogP contribution is -2.16. The van der Waals surface area contributed by atoms with E-state index in [1.165, 1.54) is 0 Å². The molecular weight excluding hydrogens is 236 g/mol. The van der Waals surface area contributed by atoms with E-state index >= 15 is 0 Å². The molecule has 8 nitrogen and oxygen atoms in total. The van der Waals surface area contributed by atoms with Gasteiger partial charge in [-0.1, -0.05) is 5.16 Å². The largest absolute Gasteiger partial charge is 0.409 e. The topological polar surface area (TPSA) is 122 Å². The minimum atomic E-state index is -0.108. The highest BCUT2D eigenvalue weighted by Gasteiger charge is 2.09. The maximum Gasteiger partial charge on any atom is 0.324 e. The second-order valence-electron chi connectivity index (χ2n) is 3.65. The standard InChI is InChI=1S/C10H12N6O2/c1-5-3-7(9(11)16-17)13-10(12-5)18-8-4-6(2)14-15-8/h3-4,17H,1-2H3,(H2,11,16)(H,14,15). The number of ether oxygens (including phenoxy) is 1. The number of hydrogen-bond donors (Lipinski definition) is 3. The minimum absolute atomic E-state index is 0.0862. The quantitative estimate of drug-likeness (QED) is 0.318. The monoisotopic (exact) mass is 248 g/mol. The van der Waals surface area contributed by atoms with Crippen LogP contribution in [0.3, 0.4) is 0 Å². The maximum atomic E-state index is 8.61. The number of H-pyrrole nitrogens is 1. The molecule has 18 heavy (non-hydrogen) atoms. The summed E-state index contributed by atoms with van der Waals surface area (Å²) in [6, 6.07) is 3.37. The Hall–Kier alpha value is -2.64. The molecule has 2 aromatic rings. The normalized spacial score (nSPS) is 11.6. The van der Waals surface area contributed by atoms with E-state index in [0.717, 1.165) is 5.69 Å². The molecule has 2 heterocycles. The number of rotatable bonds is 3. The third kappa shape index (κ3) is 2.54. The van der Waals surface area contributed by atoms with Crippen LogP contribution in [0.4, 0.5) is 0 Å². The zero-order chi connectivity index (χ0) is 13.1. The Morgan fingerprint density at radius 1 is 1.39 bits per heavy atom. The van der Waals surface area contributed by atoms with Gasteiger partial charge in [-0.2, -0.15) is 4.98 Å². The lowest BCUT2D eigenvalue weighted by atomic mass is 10.3. The fourth-order valence-corrected chi connectivity index (χ4v) is 1.31. The summed E-state index contributed by atoms with van der Waals surface area (Å²) in [5, 5.41) is 18.1. The third-order valence-corrected chi connectivity index (χ3v) is 2.08. The van der Waals surface area contributed by atoms with Crippen molar-refractivity contribution in [1.29, 1.82) is 0 Å². The number of nitrogens with two attached hydrogens (primary N) is 1. The van der Waals surface area contributed by atoms with E-state index in [4.69, 9.17) is 15.7 Å². The summed E-state index contributed by atoms with van der Waals surface area (Å²) in [6.07, 6.45) is 0. The fraction of sp³-hybridized carbons (Fsp3) is 0.200. The van der Waals surface area contributed by atoms with Gasteiger partial charge in [0.15, 0.2) is 5.84 Å². The van der Waals surface area contributed by atoms with Crippen LogP contribution in [-0.2, 0) is 0 Å². The zero-order valence-corrected chi connectivity index (χ0v) is 9.88. The summed E-state index contributed by atoms with van der Waals surface area (Å²) in [7, 11) is 0. The Morgan fingerprint density at radius 3 is 2.78 bits per heavy atom. The highest BCUT2D eigenvalue weighted by molar-refractivity contribution is 5.95. The summed E-state index contributed by atoms with van der Waals surface area (Å²) >= 11 is 0. The van der Waals surface area contributed by atoms with Crippen molar-refractivity contribution in [3.63, 3.8) is 0 Å². The van der Waals surface area contributed by atoms with E-state index < -0.39 is 0 Å². The molecule has 0 aliphatic heterocycles. The van der Waals surface area contributed by atoms with Gasteiger partial charge in [-0.15, -0.1) is 5.10 Å². The van der Waals surface area contributed by atoms with Crippen LogP contribution >= 0.6 is 0 Å². The van der Waals surface area contributed by atoms with Crippen LogP contribution in [0.5, 0.6) is 11.9 Å². The maximum absolute atomic E-state index is 8.61. The molecule has 0 aromatic carbocycles. The first-order valence-electron chi connectivity index (χ1n) is 5.12. The van der Waals surface area contributed by atoms with Crippen molar-refractivity contribution in [2.45, 2.75) is 13.8 Å². The third-order valence-electron chi connectivity index (χ3n) is 2.08. The molecule has 0 bridgehead atoms. The molecule has 94 valence electrons. The Bertz CT molecular complexity index is 592. The van der Waals surface area contributed by atoms with E-state index in [1.54, 1.807) is 19.1 Å². The molecule has 0 aliphatic carbocycles. The number of nitrogens with zero attached hydrogens (tertiary/aromatic N) is 4. The molecule has 8 heteroatoms. The van der Waals surface area contributed by atoms with E-state index in [1.807, 2.05) is 6.92 Å². The van der Waals surface area contributed by atoms with Crippen molar-refractivity contribution >= 4 is 5.84 Å². The molecule has 0 unspecified atom stereocenters. The molecule has 0 fully saturated rings. The predicted octanol–water partition coefficient (Wildman–Crippen LogP) is 0.703. The molecular formula is C10H12N6O2. The van der Waals surface area contributed by atoms with E-state index in [9.17, 15) is 0 Å². The number of aryl methyl sites for hydroxylation is 2. The smallest absolute Gasteiger partial charge is 0.324 e. The summed E-state index contributed by atoms with van der Waals surface area (Å²) in [6.45, 7) is 3.59. The van der Waals surface area contributed by atoms with Crippen LogP contribution in [0.15, 0.2) is 17.3 Å². The molecule has 0 aliphatic rings. The SMILES string of the molecule is Cc1cc(/C(N)=N/O)nc(Oc2cc(C)[nH]n2)n1. The van der Waals surface area contributed by atoms with Gasteiger partial charge in [-0.05, 0) is 19.9 Å². The van der Waals surface area contributed by atoms with Crippen molar-refractivity contribution in [1.82, 2.24) is 20.2 Å². The second kappa shape index (κ2) is 4.70. The molecule has 0 saturated heterocycles. The number of aromatic amines is 1. The van der Waals surface area contributed by atoms with Crippen LogP contribution < -0.4 is 10.5 Å². The van der Waals surface area contributed by atoms with Gasteiger partial charge in [0, 0.05) is 17.5 Å². The fourth-order valence-electron chi connectivity index (χ4n) is 1.31. The van der Waals surface area contributed by atoms with Gasteiger partial charge in [-0.3, -0.25) is 5.10 Å². The minimum Gasteiger partial charge on any atom is -0.409 e. The number of aromatic nitrogens is 4. The van der Waals surface area contributed by atoms with E-state index in [0.29, 0.717) is 11.6 Å². The zero-order valence-electron chi connectivity index (χ0n) is 9.88. The van der Waals surface area contributed by atoms with Gasteiger partial charge in [0.1, 0.15) is 5.69 Å². The summed E-state index contributed by atoms with van der Waals surface area (Å²) in [4.78, 5) is 8.08. The average Bonchev–Trinajstić information content (AvgIpc) is 2.73. The molecule has 0 atom stereocenters. The van der Waals surface area contributed by atoms with Gasteiger partial charge in [-0.25, -0.2) is 4.98 Å². The summed E-state index contributed by atoms with van der Waals surface area (Å²) < 4.78 is 5.36. The highest BCUT2D eigenvalue weighted by atomic mass is 16.5. The van der Waals surface area contributed by atoms with Crippen molar-refractivity contribution in [3.05, 3.63) is 29.2 Å². The first-order valence-corrected chi connectivity index (χ1v) is 5.12. The molecule has 0 saturated carbocycles. The van der Waals surface area contributed by atoms with Crippen molar-refractivity contribution in [2.75, 3.05) is 0 Å². The molecule has 0 amide bonds. The van der Waals surface area contributed by atoms with Crippen LogP contribution in [0.1, 0.15) is 17.1 Å². The molecule has 0 radical (unpaired) electrons. The Balaban J connectivity index is 2.31. The average molecular weight is 248 g/mol. The van der Waals surface area contributed by atoms with Crippen LogP contribution in [0.25, 0.3) is 0 Å². The number of amidine groups is 1. The van der Waals surface area contributed by atoms with Crippen LogP contribution in [-0.4, -0.2) is 31.2 Å². The first-order chi connectivity index (χ1) is 8.58.